The average Bonchev–Trinajstić information content (AvgIpc) is 2.91. The molecule has 148 valence electrons. The normalized spacial score (nSPS) is 58.3. The van der Waals surface area contributed by atoms with Crippen LogP contribution in [0, 0.1) is 45.8 Å². The van der Waals surface area contributed by atoms with E-state index < -0.39 is 5.60 Å². The molecular formula is C24H40O2. The molecule has 0 unspecified atom stereocenters. The Morgan fingerprint density at radius 3 is 2.19 bits per heavy atom. The predicted octanol–water partition coefficient (Wildman–Crippen LogP) is 5.43. The fourth-order valence-electron chi connectivity index (χ4n) is 9.20. The van der Waals surface area contributed by atoms with E-state index in [1.165, 1.54) is 44.9 Å². The summed E-state index contributed by atoms with van der Waals surface area (Å²) in [6, 6.07) is 0. The van der Waals surface area contributed by atoms with E-state index in [-0.39, 0.29) is 0 Å². The monoisotopic (exact) mass is 360 g/mol. The van der Waals surface area contributed by atoms with Crippen LogP contribution in [0.4, 0.5) is 0 Å². The zero-order valence-electron chi connectivity index (χ0n) is 17.5. The maximum Gasteiger partial charge on any atom is 0.0622 e. The van der Waals surface area contributed by atoms with Crippen LogP contribution in [0.1, 0.15) is 85.5 Å². The van der Waals surface area contributed by atoms with Gasteiger partial charge in [-0.1, -0.05) is 20.8 Å². The molecule has 1 saturated heterocycles. The van der Waals surface area contributed by atoms with Crippen LogP contribution in [-0.2, 0) is 4.74 Å². The number of ether oxygens (including phenoxy) is 1. The number of fused-ring (bicyclic) bond motifs is 5. The number of aliphatic hydroxyl groups is 1. The molecule has 0 spiro atoms. The third kappa shape index (κ3) is 2.30. The minimum Gasteiger partial charge on any atom is -0.390 e. The molecule has 1 aliphatic heterocycles. The predicted molar refractivity (Wildman–Crippen MR) is 105 cm³/mol. The van der Waals surface area contributed by atoms with Gasteiger partial charge in [0.05, 0.1) is 18.8 Å². The minimum absolute atomic E-state index is 0.405. The summed E-state index contributed by atoms with van der Waals surface area (Å²) in [5, 5.41) is 10.7. The summed E-state index contributed by atoms with van der Waals surface area (Å²) in [7, 11) is 0. The molecule has 0 radical (unpaired) electrons. The van der Waals surface area contributed by atoms with Crippen LogP contribution in [0.3, 0.4) is 0 Å². The molecular weight excluding hydrogens is 320 g/mol. The van der Waals surface area contributed by atoms with Crippen LogP contribution in [0.5, 0.6) is 0 Å². The molecule has 5 rings (SSSR count). The minimum atomic E-state index is -0.405. The zero-order valence-corrected chi connectivity index (χ0v) is 17.5. The highest BCUT2D eigenvalue weighted by atomic mass is 16.5. The van der Waals surface area contributed by atoms with Crippen LogP contribution in [-0.4, -0.2) is 23.9 Å². The fourth-order valence-corrected chi connectivity index (χ4v) is 9.20. The highest BCUT2D eigenvalue weighted by Crippen LogP contribution is 2.70. The van der Waals surface area contributed by atoms with Gasteiger partial charge in [0.15, 0.2) is 0 Å². The van der Waals surface area contributed by atoms with Crippen molar-refractivity contribution in [3.8, 4) is 0 Å². The van der Waals surface area contributed by atoms with Crippen LogP contribution >= 0.6 is 0 Å². The van der Waals surface area contributed by atoms with Crippen molar-refractivity contribution in [3.05, 3.63) is 0 Å². The summed E-state index contributed by atoms with van der Waals surface area (Å²) >= 11 is 0. The smallest absolute Gasteiger partial charge is 0.0622 e. The van der Waals surface area contributed by atoms with Crippen LogP contribution in [0.2, 0.25) is 0 Å². The fraction of sp³-hybridized carbons (Fsp3) is 1.00. The van der Waals surface area contributed by atoms with Crippen LogP contribution in [0.25, 0.3) is 0 Å². The van der Waals surface area contributed by atoms with Gasteiger partial charge in [0.2, 0.25) is 0 Å². The Hall–Kier alpha value is -0.0800. The third-order valence-electron chi connectivity index (χ3n) is 10.7. The van der Waals surface area contributed by atoms with E-state index in [2.05, 4.69) is 27.7 Å². The summed E-state index contributed by atoms with van der Waals surface area (Å²) in [6.07, 6.45) is 11.9. The van der Waals surface area contributed by atoms with Crippen LogP contribution in [0.15, 0.2) is 0 Å². The van der Waals surface area contributed by atoms with Gasteiger partial charge in [0.1, 0.15) is 0 Å². The summed E-state index contributed by atoms with van der Waals surface area (Å²) in [5.41, 5.74) is 1.11. The SMILES string of the molecule is CC1([C@H]2CC[C@H]3[C@@H]4CC[C@H]5C[C@](C)(O)CC[C@]5(C)[C@H]4CC[C@]23C)COC1. The van der Waals surface area contributed by atoms with E-state index in [0.29, 0.717) is 16.2 Å². The van der Waals surface area contributed by atoms with Gasteiger partial charge in [-0.2, -0.15) is 0 Å². The molecule has 0 amide bonds. The Kier molecular flexibility index (Phi) is 3.80. The summed E-state index contributed by atoms with van der Waals surface area (Å²) in [5.74, 6) is 4.45. The van der Waals surface area contributed by atoms with Crippen molar-refractivity contribution in [1.82, 2.24) is 0 Å². The van der Waals surface area contributed by atoms with Gasteiger partial charge in [-0.05, 0) is 105 Å². The first-order valence-corrected chi connectivity index (χ1v) is 11.5. The molecule has 26 heavy (non-hydrogen) atoms. The number of hydrogen-bond acceptors (Lipinski definition) is 2. The lowest BCUT2D eigenvalue weighted by atomic mass is 9.43. The number of hydrogen-bond donors (Lipinski definition) is 1. The van der Waals surface area contributed by atoms with Gasteiger partial charge in [0, 0.05) is 5.41 Å². The molecule has 1 heterocycles. The van der Waals surface area contributed by atoms with Crippen molar-refractivity contribution >= 4 is 0 Å². The molecule has 2 heteroatoms. The van der Waals surface area contributed by atoms with Gasteiger partial charge in [-0.3, -0.25) is 0 Å². The maximum absolute atomic E-state index is 10.7. The first-order valence-electron chi connectivity index (χ1n) is 11.5. The van der Waals surface area contributed by atoms with Crippen molar-refractivity contribution in [2.24, 2.45) is 45.8 Å². The Bertz CT molecular complexity index is 579. The second kappa shape index (κ2) is 5.50. The molecule has 2 nitrogen and oxygen atoms in total. The number of rotatable bonds is 1. The molecule has 5 aliphatic rings. The van der Waals surface area contributed by atoms with Gasteiger partial charge in [-0.25, -0.2) is 0 Å². The largest absolute Gasteiger partial charge is 0.390 e. The van der Waals surface area contributed by atoms with E-state index >= 15 is 0 Å². The first kappa shape index (κ1) is 18.0. The van der Waals surface area contributed by atoms with E-state index in [9.17, 15) is 5.11 Å². The van der Waals surface area contributed by atoms with Gasteiger partial charge in [0.25, 0.3) is 0 Å². The maximum atomic E-state index is 10.7. The van der Waals surface area contributed by atoms with Gasteiger partial charge in [-0.15, -0.1) is 0 Å². The van der Waals surface area contributed by atoms with Crippen molar-refractivity contribution in [1.29, 1.82) is 0 Å². The van der Waals surface area contributed by atoms with E-state index in [4.69, 9.17) is 4.74 Å². The molecule has 8 atom stereocenters. The highest BCUT2D eigenvalue weighted by molar-refractivity contribution is 5.12. The zero-order chi connectivity index (χ0) is 18.4. The lowest BCUT2D eigenvalue weighted by Crippen LogP contribution is -2.57. The molecule has 0 bridgehead atoms. The Morgan fingerprint density at radius 2 is 1.50 bits per heavy atom. The lowest BCUT2D eigenvalue weighted by molar-refractivity contribution is -0.184. The molecule has 0 aromatic carbocycles. The molecule has 0 aromatic rings. The highest BCUT2D eigenvalue weighted by Gasteiger charge is 2.63. The Balaban J connectivity index is 1.41. The molecule has 4 saturated carbocycles. The van der Waals surface area contributed by atoms with Gasteiger partial charge >= 0.3 is 0 Å². The Labute approximate surface area is 160 Å². The van der Waals surface area contributed by atoms with E-state index in [1.54, 1.807) is 0 Å². The lowest BCUT2D eigenvalue weighted by Gasteiger charge is -2.63. The second-order valence-corrected chi connectivity index (χ2v) is 12.2. The van der Waals surface area contributed by atoms with E-state index in [0.717, 1.165) is 55.6 Å². The average molecular weight is 361 g/mol. The molecule has 4 aliphatic carbocycles. The molecule has 5 fully saturated rings. The second-order valence-electron chi connectivity index (χ2n) is 12.2. The quantitative estimate of drug-likeness (QED) is 0.675. The third-order valence-corrected chi connectivity index (χ3v) is 10.7. The summed E-state index contributed by atoms with van der Waals surface area (Å²) < 4.78 is 5.66. The van der Waals surface area contributed by atoms with Crippen LogP contribution < -0.4 is 0 Å². The van der Waals surface area contributed by atoms with Crippen molar-refractivity contribution in [3.63, 3.8) is 0 Å². The van der Waals surface area contributed by atoms with Gasteiger partial charge < -0.3 is 9.84 Å². The topological polar surface area (TPSA) is 29.5 Å². The van der Waals surface area contributed by atoms with Crippen molar-refractivity contribution in [2.45, 2.75) is 91.1 Å². The van der Waals surface area contributed by atoms with E-state index in [1.807, 2.05) is 0 Å². The van der Waals surface area contributed by atoms with Crippen molar-refractivity contribution in [2.75, 3.05) is 13.2 Å². The standard InChI is InChI=1S/C24H40O2/c1-21(14-26-15-21)20-8-7-18-17-6-5-16-13-22(2,25)11-12-23(16,3)19(17)9-10-24(18,20)4/h16-20,25H,5-15H2,1-4H3/t16-,17-,18-,19-,20+,22+,23-,24-/m0/s1. The summed E-state index contributed by atoms with van der Waals surface area (Å²) in [4.78, 5) is 0. The molecule has 1 N–H and O–H groups in total. The van der Waals surface area contributed by atoms with Crippen molar-refractivity contribution < 1.29 is 9.84 Å². The molecule has 0 aromatic heterocycles. The first-order chi connectivity index (χ1) is 12.2. The Morgan fingerprint density at radius 1 is 0.769 bits per heavy atom. The summed E-state index contributed by atoms with van der Waals surface area (Å²) in [6.45, 7) is 11.9.